The zero-order valence-electron chi connectivity index (χ0n) is 13.1. The average molecular weight is 265 g/mol. The van der Waals surface area contributed by atoms with Crippen LogP contribution in [0.25, 0.3) is 0 Å². The van der Waals surface area contributed by atoms with Crippen LogP contribution in [-0.4, -0.2) is 4.57 Å². The van der Waals surface area contributed by atoms with E-state index in [1.54, 1.807) is 0 Å². The molecule has 0 spiro atoms. The molecular formula is C17H33N2+. The molecule has 0 saturated heterocycles. The molecule has 1 rings (SSSR count). The normalized spacial score (nSPS) is 11.1. The van der Waals surface area contributed by atoms with Gasteiger partial charge < -0.3 is 0 Å². The summed E-state index contributed by atoms with van der Waals surface area (Å²) in [5, 5.41) is 0. The molecule has 110 valence electrons. The van der Waals surface area contributed by atoms with Gasteiger partial charge in [-0.05, 0) is 25.7 Å². The van der Waals surface area contributed by atoms with E-state index in [9.17, 15) is 0 Å². The maximum Gasteiger partial charge on any atom is 0.243 e. The van der Waals surface area contributed by atoms with E-state index < -0.39 is 0 Å². The first-order chi connectivity index (χ1) is 9.36. The highest BCUT2D eigenvalue weighted by atomic mass is 15.1. The van der Waals surface area contributed by atoms with Gasteiger partial charge in [0.2, 0.25) is 6.33 Å². The van der Waals surface area contributed by atoms with E-state index in [2.05, 4.69) is 41.7 Å². The molecule has 0 aliphatic rings. The lowest BCUT2D eigenvalue weighted by Gasteiger charge is -1.99. The Bertz CT molecular complexity index is 304. The van der Waals surface area contributed by atoms with Crippen molar-refractivity contribution in [3.05, 3.63) is 18.7 Å². The van der Waals surface area contributed by atoms with Gasteiger partial charge in [0, 0.05) is 0 Å². The second kappa shape index (κ2) is 11.1. The van der Waals surface area contributed by atoms with E-state index in [4.69, 9.17) is 0 Å². The number of hydrogen-bond acceptors (Lipinski definition) is 0. The molecule has 0 atom stereocenters. The lowest BCUT2D eigenvalue weighted by molar-refractivity contribution is -0.696. The Morgan fingerprint density at radius 2 is 1.42 bits per heavy atom. The van der Waals surface area contributed by atoms with Crippen molar-refractivity contribution in [1.82, 2.24) is 4.57 Å². The van der Waals surface area contributed by atoms with Crippen LogP contribution in [0.2, 0.25) is 0 Å². The minimum Gasteiger partial charge on any atom is -0.237 e. The molecule has 0 fully saturated rings. The van der Waals surface area contributed by atoms with Crippen LogP contribution in [-0.2, 0) is 13.1 Å². The fourth-order valence-corrected chi connectivity index (χ4v) is 2.50. The van der Waals surface area contributed by atoms with Crippen molar-refractivity contribution in [2.75, 3.05) is 0 Å². The van der Waals surface area contributed by atoms with E-state index in [1.807, 2.05) is 0 Å². The Morgan fingerprint density at radius 1 is 0.789 bits per heavy atom. The molecule has 2 heteroatoms. The lowest BCUT2D eigenvalue weighted by atomic mass is 10.1. The van der Waals surface area contributed by atoms with E-state index in [-0.39, 0.29) is 0 Å². The summed E-state index contributed by atoms with van der Waals surface area (Å²) < 4.78 is 4.69. The Labute approximate surface area is 119 Å². The number of aryl methyl sites for hydroxylation is 2. The Morgan fingerprint density at radius 3 is 2.16 bits per heavy atom. The number of rotatable bonds is 12. The largest absolute Gasteiger partial charge is 0.243 e. The van der Waals surface area contributed by atoms with Gasteiger partial charge in [-0.15, -0.1) is 0 Å². The molecule has 1 heterocycles. The maximum absolute atomic E-state index is 2.35. The number of hydrogen-bond donors (Lipinski definition) is 0. The van der Waals surface area contributed by atoms with Crippen molar-refractivity contribution in [2.45, 2.75) is 91.1 Å². The van der Waals surface area contributed by atoms with Gasteiger partial charge in [-0.3, -0.25) is 0 Å². The van der Waals surface area contributed by atoms with E-state index in [1.165, 1.54) is 77.3 Å². The highest BCUT2D eigenvalue weighted by Gasteiger charge is 2.03. The van der Waals surface area contributed by atoms with Crippen molar-refractivity contribution in [3.8, 4) is 0 Å². The van der Waals surface area contributed by atoms with E-state index in [0.717, 1.165) is 0 Å². The zero-order valence-corrected chi connectivity index (χ0v) is 13.1. The summed E-state index contributed by atoms with van der Waals surface area (Å²) in [5.41, 5.74) is 0. The lowest BCUT2D eigenvalue weighted by Crippen LogP contribution is -2.30. The number of aromatic nitrogens is 2. The predicted octanol–water partition coefficient (Wildman–Crippen LogP) is 4.72. The number of imidazole rings is 1. The summed E-state index contributed by atoms with van der Waals surface area (Å²) in [4.78, 5) is 0. The predicted molar refractivity (Wildman–Crippen MR) is 82.1 cm³/mol. The molecule has 0 bridgehead atoms. The van der Waals surface area contributed by atoms with Gasteiger partial charge in [0.25, 0.3) is 0 Å². The molecule has 0 unspecified atom stereocenters. The Balaban J connectivity index is 2.06. The zero-order chi connectivity index (χ0) is 13.8. The second-order valence-corrected chi connectivity index (χ2v) is 5.72. The quantitative estimate of drug-likeness (QED) is 0.382. The average Bonchev–Trinajstić information content (AvgIpc) is 2.87. The third-order valence-corrected chi connectivity index (χ3v) is 3.79. The first kappa shape index (κ1) is 16.3. The van der Waals surface area contributed by atoms with Gasteiger partial charge in [-0.2, -0.15) is 0 Å². The van der Waals surface area contributed by atoms with E-state index in [0.29, 0.717) is 0 Å². The third-order valence-electron chi connectivity index (χ3n) is 3.79. The van der Waals surface area contributed by atoms with Crippen molar-refractivity contribution in [2.24, 2.45) is 0 Å². The first-order valence-electron chi connectivity index (χ1n) is 8.41. The summed E-state index contributed by atoms with van der Waals surface area (Å²) in [7, 11) is 0. The van der Waals surface area contributed by atoms with Crippen molar-refractivity contribution < 1.29 is 4.57 Å². The SMILES string of the molecule is CCCCCCCC[n+]1ccn(CCCCCC)c1. The van der Waals surface area contributed by atoms with Crippen LogP contribution in [0.3, 0.4) is 0 Å². The molecule has 0 aliphatic carbocycles. The Kier molecular flexibility index (Phi) is 9.48. The molecule has 2 nitrogen and oxygen atoms in total. The van der Waals surface area contributed by atoms with Crippen LogP contribution < -0.4 is 4.57 Å². The first-order valence-corrected chi connectivity index (χ1v) is 8.41. The molecule has 0 aromatic carbocycles. The van der Waals surface area contributed by atoms with Crippen LogP contribution in [0.5, 0.6) is 0 Å². The molecule has 0 aliphatic heterocycles. The number of unbranched alkanes of at least 4 members (excludes halogenated alkanes) is 8. The molecule has 0 saturated carbocycles. The maximum atomic E-state index is 2.35. The summed E-state index contributed by atoms with van der Waals surface area (Å²) >= 11 is 0. The topological polar surface area (TPSA) is 8.81 Å². The van der Waals surface area contributed by atoms with Crippen molar-refractivity contribution >= 4 is 0 Å². The second-order valence-electron chi connectivity index (χ2n) is 5.72. The summed E-state index contributed by atoms with van der Waals surface area (Å²) in [6.07, 6.45) is 20.4. The highest BCUT2D eigenvalue weighted by molar-refractivity contribution is 4.66. The monoisotopic (exact) mass is 265 g/mol. The summed E-state index contributed by atoms with van der Waals surface area (Å²) in [6.45, 7) is 6.92. The minimum absolute atomic E-state index is 1.18. The van der Waals surface area contributed by atoms with Gasteiger partial charge in [-0.25, -0.2) is 9.13 Å². The van der Waals surface area contributed by atoms with Gasteiger partial charge in [0.15, 0.2) is 0 Å². The highest BCUT2D eigenvalue weighted by Crippen LogP contribution is 2.05. The van der Waals surface area contributed by atoms with Gasteiger partial charge in [-0.1, -0.05) is 52.4 Å². The van der Waals surface area contributed by atoms with Crippen LogP contribution >= 0.6 is 0 Å². The minimum atomic E-state index is 1.18. The van der Waals surface area contributed by atoms with Crippen LogP contribution in [0.15, 0.2) is 18.7 Å². The fourth-order valence-electron chi connectivity index (χ4n) is 2.50. The third kappa shape index (κ3) is 8.07. The molecule has 1 aromatic heterocycles. The number of nitrogens with zero attached hydrogens (tertiary/aromatic N) is 2. The molecule has 19 heavy (non-hydrogen) atoms. The Hall–Kier alpha value is -0.790. The molecular weight excluding hydrogens is 232 g/mol. The van der Waals surface area contributed by atoms with Gasteiger partial charge in [0.1, 0.15) is 12.4 Å². The molecule has 0 N–H and O–H groups in total. The summed E-state index contributed by atoms with van der Waals surface area (Å²) in [5.74, 6) is 0. The van der Waals surface area contributed by atoms with Crippen LogP contribution in [0.1, 0.15) is 78.1 Å². The van der Waals surface area contributed by atoms with Gasteiger partial charge in [0.05, 0.1) is 13.1 Å². The molecule has 0 amide bonds. The molecule has 1 aromatic rings. The van der Waals surface area contributed by atoms with Crippen molar-refractivity contribution in [3.63, 3.8) is 0 Å². The molecule has 0 radical (unpaired) electrons. The smallest absolute Gasteiger partial charge is 0.237 e. The van der Waals surface area contributed by atoms with Crippen LogP contribution in [0.4, 0.5) is 0 Å². The standard InChI is InChI=1S/C17H33N2/c1-3-5-7-9-10-12-14-19-16-15-18(17-19)13-11-8-6-4-2/h15-17H,3-14H2,1-2H3/q+1. The van der Waals surface area contributed by atoms with Crippen LogP contribution in [0, 0.1) is 0 Å². The fraction of sp³-hybridized carbons (Fsp3) is 0.824. The summed E-state index contributed by atoms with van der Waals surface area (Å²) in [6, 6.07) is 0. The van der Waals surface area contributed by atoms with Crippen molar-refractivity contribution in [1.29, 1.82) is 0 Å². The van der Waals surface area contributed by atoms with E-state index >= 15 is 0 Å². The van der Waals surface area contributed by atoms with Gasteiger partial charge >= 0.3 is 0 Å².